The van der Waals surface area contributed by atoms with E-state index in [2.05, 4.69) is 72.8 Å². The number of rotatable bonds is 0. The van der Waals surface area contributed by atoms with Crippen molar-refractivity contribution in [2.45, 2.75) is 25.7 Å². The molecule has 57 heavy (non-hydrogen) atoms. The molecule has 11 heteroatoms. The zero-order valence-electron chi connectivity index (χ0n) is 33.0. The summed E-state index contributed by atoms with van der Waals surface area (Å²) in [6.07, 6.45) is 2.58. The molecule has 9 nitrogen and oxygen atoms in total. The predicted octanol–water partition coefficient (Wildman–Crippen LogP) is 7.46. The molecule has 3 aliphatic rings. The summed E-state index contributed by atoms with van der Waals surface area (Å²) in [7, 11) is 0. The van der Waals surface area contributed by atoms with E-state index in [1.165, 1.54) is 0 Å². The molecule has 0 unspecified atom stereocenters. The minimum atomic E-state index is 0.416. The van der Waals surface area contributed by atoms with Crippen LogP contribution in [0.2, 0.25) is 0 Å². The van der Waals surface area contributed by atoms with Crippen molar-refractivity contribution in [2.24, 2.45) is 0 Å². The second-order valence-corrected chi connectivity index (χ2v) is 16.5. The normalized spacial score (nSPS) is 18.8. The number of ether oxygens (including phenoxy) is 9. The maximum atomic E-state index is 6.80. The van der Waals surface area contributed by atoms with Gasteiger partial charge < -0.3 is 42.6 Å². The Morgan fingerprint density at radius 1 is 0.263 bits per heavy atom. The molecule has 7 rings (SSSR count). The van der Waals surface area contributed by atoms with Crippen molar-refractivity contribution in [2.75, 3.05) is 116 Å². The fourth-order valence-corrected chi connectivity index (χ4v) is 8.62. The summed E-state index contributed by atoms with van der Waals surface area (Å²) in [5.74, 6) is 7.12. The molecule has 0 atom stereocenters. The van der Waals surface area contributed by atoms with E-state index in [9.17, 15) is 0 Å². The van der Waals surface area contributed by atoms with Crippen LogP contribution in [-0.4, -0.2) is 116 Å². The van der Waals surface area contributed by atoms with Crippen LogP contribution in [-0.2, 0) is 49.4 Å². The van der Waals surface area contributed by atoms with E-state index >= 15 is 0 Å². The average molecular weight is 817 g/mol. The van der Waals surface area contributed by atoms with Crippen LogP contribution in [0.5, 0.6) is 23.0 Å². The van der Waals surface area contributed by atoms with E-state index in [-0.39, 0.29) is 0 Å². The number of hydrogen-bond acceptors (Lipinski definition) is 11. The fourth-order valence-electron chi connectivity index (χ4n) is 7.34. The van der Waals surface area contributed by atoms with Gasteiger partial charge in [0, 0.05) is 48.7 Å². The van der Waals surface area contributed by atoms with Crippen LogP contribution in [0.25, 0.3) is 0 Å². The summed E-state index contributed by atoms with van der Waals surface area (Å²) >= 11 is 3.69. The lowest BCUT2D eigenvalue weighted by Gasteiger charge is -2.23. The molecule has 0 fully saturated rings. The van der Waals surface area contributed by atoms with Gasteiger partial charge in [-0.1, -0.05) is 72.8 Å². The smallest absolute Gasteiger partial charge is 0.126 e. The standard InChI is InChI=1S/C46H56O9S2/c1-5-35-31-39-9-3-11-41-33-37-7-2-8-38-34-42-12-4-10-40(46(42)55-26-30-57-28-24-51-18-17-50-23-27-56-29-25-54-45(39)41)32-36(6-1)43(35)52-21-19-48-15-13-47-14-16-49-20-22-53-44(37)38/h1-12H,13-34H2. The monoisotopic (exact) mass is 816 g/mol. The highest BCUT2D eigenvalue weighted by Gasteiger charge is 2.22. The lowest BCUT2D eigenvalue weighted by molar-refractivity contribution is 0.00484. The van der Waals surface area contributed by atoms with Gasteiger partial charge in [0.05, 0.1) is 79.3 Å². The van der Waals surface area contributed by atoms with Crippen molar-refractivity contribution in [1.29, 1.82) is 0 Å². The molecule has 0 aromatic heterocycles. The molecule has 2 aliphatic heterocycles. The Balaban J connectivity index is 1.35. The first kappa shape index (κ1) is 41.7. The van der Waals surface area contributed by atoms with Crippen LogP contribution in [0, 0.1) is 0 Å². The van der Waals surface area contributed by atoms with Gasteiger partial charge in [-0.05, 0) is 44.5 Å². The molecule has 0 saturated heterocycles. The van der Waals surface area contributed by atoms with E-state index in [4.69, 9.17) is 42.6 Å². The number of benzene rings is 4. The highest BCUT2D eigenvalue weighted by Crippen LogP contribution is 2.39. The van der Waals surface area contributed by atoms with Gasteiger partial charge in [-0.2, -0.15) is 23.5 Å². The molecule has 0 saturated carbocycles. The molecular formula is C46H56O9S2. The molecule has 1 aliphatic carbocycles. The van der Waals surface area contributed by atoms with E-state index < -0.39 is 0 Å². The zero-order valence-corrected chi connectivity index (χ0v) is 34.6. The second-order valence-electron chi connectivity index (χ2n) is 14.0. The van der Waals surface area contributed by atoms with Crippen LogP contribution >= 0.6 is 23.5 Å². The van der Waals surface area contributed by atoms with Crippen LogP contribution in [0.1, 0.15) is 44.5 Å². The van der Waals surface area contributed by atoms with E-state index in [1.807, 2.05) is 23.5 Å². The number of hydrogen-bond donors (Lipinski definition) is 0. The Bertz CT molecular complexity index is 1610. The quantitative estimate of drug-likeness (QED) is 0.156. The van der Waals surface area contributed by atoms with Crippen molar-refractivity contribution in [3.63, 3.8) is 0 Å². The first-order chi connectivity index (χ1) is 28.3. The van der Waals surface area contributed by atoms with Gasteiger partial charge in [0.1, 0.15) is 36.2 Å². The lowest BCUT2D eigenvalue weighted by atomic mass is 9.91. The van der Waals surface area contributed by atoms with Crippen molar-refractivity contribution in [3.8, 4) is 23.0 Å². The van der Waals surface area contributed by atoms with Gasteiger partial charge in [-0.3, -0.25) is 0 Å². The molecule has 0 N–H and O–H groups in total. The van der Waals surface area contributed by atoms with E-state index in [1.54, 1.807) is 0 Å². The second kappa shape index (κ2) is 23.2. The summed E-state index contributed by atoms with van der Waals surface area (Å²) < 4.78 is 56.4. The third-order valence-electron chi connectivity index (χ3n) is 9.99. The summed E-state index contributed by atoms with van der Waals surface area (Å²) in [4.78, 5) is 0. The van der Waals surface area contributed by atoms with Gasteiger partial charge in [-0.25, -0.2) is 0 Å². The third kappa shape index (κ3) is 12.5. The molecule has 4 aromatic rings. The van der Waals surface area contributed by atoms with E-state index in [0.29, 0.717) is 118 Å². The average Bonchev–Trinajstić information content (AvgIpc) is 3.21. The largest absolute Gasteiger partial charge is 0.492 e. The van der Waals surface area contributed by atoms with Crippen molar-refractivity contribution >= 4 is 23.5 Å². The number of para-hydroxylation sites is 4. The Labute approximate surface area is 346 Å². The van der Waals surface area contributed by atoms with Crippen molar-refractivity contribution < 1.29 is 42.6 Å². The van der Waals surface area contributed by atoms with Crippen molar-refractivity contribution in [1.82, 2.24) is 0 Å². The highest BCUT2D eigenvalue weighted by atomic mass is 32.2. The molecule has 4 aromatic carbocycles. The summed E-state index contributed by atoms with van der Waals surface area (Å²) in [6, 6.07) is 26.1. The van der Waals surface area contributed by atoms with Gasteiger partial charge >= 0.3 is 0 Å². The Hall–Kier alpha value is -3.42. The van der Waals surface area contributed by atoms with Gasteiger partial charge in [0.25, 0.3) is 0 Å². The van der Waals surface area contributed by atoms with Crippen LogP contribution in [0.4, 0.5) is 0 Å². The fraction of sp³-hybridized carbons (Fsp3) is 0.478. The predicted molar refractivity (Wildman–Crippen MR) is 228 cm³/mol. The van der Waals surface area contributed by atoms with Crippen LogP contribution < -0.4 is 18.9 Å². The first-order valence-electron chi connectivity index (χ1n) is 20.3. The van der Waals surface area contributed by atoms with Crippen molar-refractivity contribution in [3.05, 3.63) is 117 Å². The summed E-state index contributed by atoms with van der Waals surface area (Å²) in [6.45, 7) is 7.44. The molecule has 306 valence electrons. The molecule has 0 amide bonds. The SMILES string of the molecule is c1cc2c3c(c1)Cc1cccc4c1OCCSCCOCCOCCSCCOc1c(cccc1Cc1cccc(c1OCCOCCOCCOCCO3)C4)C2. The maximum Gasteiger partial charge on any atom is 0.126 e. The third-order valence-corrected chi connectivity index (χ3v) is 11.8. The first-order valence-corrected chi connectivity index (χ1v) is 22.6. The maximum absolute atomic E-state index is 6.80. The minimum absolute atomic E-state index is 0.416. The molecular weight excluding hydrogens is 761 g/mol. The topological polar surface area (TPSA) is 83.1 Å². The van der Waals surface area contributed by atoms with Gasteiger partial charge in [0.15, 0.2) is 0 Å². The summed E-state index contributed by atoms with van der Waals surface area (Å²) in [5.41, 5.74) is 8.88. The zero-order chi connectivity index (χ0) is 38.7. The van der Waals surface area contributed by atoms with Crippen LogP contribution in [0.3, 0.4) is 0 Å². The lowest BCUT2D eigenvalue weighted by Crippen LogP contribution is -2.16. The van der Waals surface area contributed by atoms with Gasteiger partial charge in [0.2, 0.25) is 0 Å². The van der Waals surface area contributed by atoms with E-state index in [0.717, 1.165) is 90.5 Å². The van der Waals surface area contributed by atoms with Crippen LogP contribution in [0.15, 0.2) is 72.8 Å². The number of thioether (sulfide) groups is 2. The van der Waals surface area contributed by atoms with Gasteiger partial charge in [-0.15, -0.1) is 0 Å². The Kier molecular flexibility index (Phi) is 17.0. The Morgan fingerprint density at radius 3 is 0.789 bits per heavy atom. The summed E-state index contributed by atoms with van der Waals surface area (Å²) in [5, 5.41) is 0. The Morgan fingerprint density at radius 2 is 0.491 bits per heavy atom. The highest BCUT2D eigenvalue weighted by molar-refractivity contribution is 7.99. The molecule has 2 heterocycles. The minimum Gasteiger partial charge on any atom is -0.492 e. The molecule has 0 radical (unpaired) electrons. The molecule has 12 bridgehead atoms. The molecule has 0 spiro atoms.